The fourth-order valence-corrected chi connectivity index (χ4v) is 1.19. The van der Waals surface area contributed by atoms with Gasteiger partial charge in [0.05, 0.1) is 11.6 Å². The van der Waals surface area contributed by atoms with Gasteiger partial charge < -0.3 is 4.74 Å². The number of carbonyl (C=O) groups excluding carboxylic acids is 1. The van der Waals surface area contributed by atoms with Crippen molar-refractivity contribution in [2.75, 3.05) is 7.11 Å². The molecule has 0 aromatic heterocycles. The quantitative estimate of drug-likeness (QED) is 0.600. The van der Waals surface area contributed by atoms with E-state index in [9.17, 15) is 4.79 Å². The van der Waals surface area contributed by atoms with Gasteiger partial charge in [0, 0.05) is 0 Å². The molecule has 0 aliphatic carbocycles. The Bertz CT molecular complexity index is 331. The van der Waals surface area contributed by atoms with Crippen LogP contribution in [0.3, 0.4) is 0 Å². The minimum absolute atomic E-state index is 0.515. The van der Waals surface area contributed by atoms with E-state index >= 15 is 0 Å². The molecule has 0 N–H and O–H groups in total. The predicted molar refractivity (Wildman–Crippen MR) is 56.0 cm³/mol. The molecule has 0 spiro atoms. The summed E-state index contributed by atoms with van der Waals surface area (Å²) in [5.74, 6) is 0.778. The van der Waals surface area contributed by atoms with E-state index < -0.39 is 0 Å². The lowest BCUT2D eigenvalue weighted by atomic mass is 10.2. The molecular formula is C10H9BrO2. The van der Waals surface area contributed by atoms with Crippen LogP contribution in [0.4, 0.5) is 0 Å². The Hall–Kier alpha value is -1.09. The fraction of sp³-hybridized carbons (Fsp3) is 0.100. The van der Waals surface area contributed by atoms with Crippen molar-refractivity contribution in [3.8, 4) is 5.75 Å². The monoisotopic (exact) mass is 240 g/mol. The average molecular weight is 241 g/mol. The maximum absolute atomic E-state index is 10.3. The molecular weight excluding hydrogens is 232 g/mol. The van der Waals surface area contributed by atoms with Crippen LogP contribution in [-0.2, 0) is 4.79 Å². The normalized spacial score (nSPS) is 11.1. The van der Waals surface area contributed by atoms with Gasteiger partial charge >= 0.3 is 0 Å². The topological polar surface area (TPSA) is 26.3 Å². The number of methoxy groups -OCH3 is 1. The SMILES string of the molecule is COc1cccc(C=C(Br)C=O)c1. The summed E-state index contributed by atoms with van der Waals surface area (Å²) in [7, 11) is 1.61. The van der Waals surface area contributed by atoms with Crippen LogP contribution in [0, 0.1) is 0 Å². The maximum atomic E-state index is 10.3. The van der Waals surface area contributed by atoms with Gasteiger partial charge in [-0.1, -0.05) is 12.1 Å². The second kappa shape index (κ2) is 4.82. The molecule has 1 aromatic rings. The molecule has 0 radical (unpaired) electrons. The van der Waals surface area contributed by atoms with Gasteiger partial charge in [0.2, 0.25) is 0 Å². The lowest BCUT2D eigenvalue weighted by Gasteiger charge is -1.99. The van der Waals surface area contributed by atoms with Crippen molar-refractivity contribution in [2.24, 2.45) is 0 Å². The Kier molecular flexibility index (Phi) is 3.71. The van der Waals surface area contributed by atoms with E-state index in [0.717, 1.165) is 17.6 Å². The largest absolute Gasteiger partial charge is 0.497 e. The Labute approximate surface area is 85.3 Å². The van der Waals surface area contributed by atoms with Crippen molar-refractivity contribution < 1.29 is 9.53 Å². The van der Waals surface area contributed by atoms with E-state index in [4.69, 9.17) is 4.74 Å². The molecule has 3 heteroatoms. The summed E-state index contributed by atoms with van der Waals surface area (Å²) >= 11 is 3.11. The van der Waals surface area contributed by atoms with Crippen LogP contribution in [-0.4, -0.2) is 13.4 Å². The molecule has 0 saturated carbocycles. The zero-order chi connectivity index (χ0) is 9.68. The third kappa shape index (κ3) is 3.03. The van der Waals surface area contributed by atoms with E-state index in [1.165, 1.54) is 0 Å². The van der Waals surface area contributed by atoms with Crippen LogP contribution in [0.15, 0.2) is 28.7 Å². The van der Waals surface area contributed by atoms with Gasteiger partial charge in [-0.3, -0.25) is 4.79 Å². The number of benzene rings is 1. The Morgan fingerprint density at radius 3 is 2.92 bits per heavy atom. The summed E-state index contributed by atoms with van der Waals surface area (Å²) in [5, 5.41) is 0. The predicted octanol–water partition coefficient (Wildman–Crippen LogP) is 2.63. The second-order valence-corrected chi connectivity index (χ2v) is 3.34. The molecule has 68 valence electrons. The molecule has 0 heterocycles. The molecule has 0 aliphatic rings. The standard InChI is InChI=1S/C10H9BrO2/c1-13-10-4-2-3-8(6-10)5-9(11)7-12/h2-7H,1H3. The molecule has 2 nitrogen and oxygen atoms in total. The summed E-state index contributed by atoms with van der Waals surface area (Å²) in [6.07, 6.45) is 2.48. The van der Waals surface area contributed by atoms with Crippen molar-refractivity contribution in [3.63, 3.8) is 0 Å². The molecule has 1 aromatic carbocycles. The number of hydrogen-bond donors (Lipinski definition) is 0. The van der Waals surface area contributed by atoms with E-state index in [-0.39, 0.29) is 0 Å². The summed E-state index contributed by atoms with van der Waals surface area (Å²) in [6.45, 7) is 0. The Morgan fingerprint density at radius 2 is 2.31 bits per heavy atom. The molecule has 0 fully saturated rings. The highest BCUT2D eigenvalue weighted by Gasteiger charge is 1.93. The number of allylic oxidation sites excluding steroid dienone is 1. The van der Waals surface area contributed by atoms with E-state index in [2.05, 4.69) is 15.9 Å². The number of hydrogen-bond acceptors (Lipinski definition) is 2. The van der Waals surface area contributed by atoms with Crippen LogP contribution in [0.5, 0.6) is 5.75 Å². The van der Waals surface area contributed by atoms with Gasteiger partial charge in [0.15, 0.2) is 6.29 Å². The van der Waals surface area contributed by atoms with Crippen molar-refractivity contribution in [1.29, 1.82) is 0 Å². The molecule has 1 rings (SSSR count). The average Bonchev–Trinajstić information content (AvgIpc) is 2.18. The minimum Gasteiger partial charge on any atom is -0.497 e. The van der Waals surface area contributed by atoms with Crippen LogP contribution < -0.4 is 4.74 Å². The zero-order valence-corrected chi connectivity index (χ0v) is 8.74. The first-order valence-electron chi connectivity index (χ1n) is 3.72. The van der Waals surface area contributed by atoms with Gasteiger partial charge in [0.1, 0.15) is 5.75 Å². The van der Waals surface area contributed by atoms with E-state index in [1.54, 1.807) is 13.2 Å². The number of rotatable bonds is 3. The second-order valence-electron chi connectivity index (χ2n) is 2.42. The highest BCUT2D eigenvalue weighted by Crippen LogP contribution is 2.16. The van der Waals surface area contributed by atoms with E-state index in [0.29, 0.717) is 4.48 Å². The van der Waals surface area contributed by atoms with Crippen molar-refractivity contribution in [2.45, 2.75) is 0 Å². The molecule has 0 amide bonds. The molecule has 0 atom stereocenters. The highest BCUT2D eigenvalue weighted by atomic mass is 79.9. The first kappa shape index (κ1) is 9.99. The summed E-state index contributed by atoms with van der Waals surface area (Å²) in [5.41, 5.74) is 0.929. The third-order valence-corrected chi connectivity index (χ3v) is 1.93. The van der Waals surface area contributed by atoms with Crippen LogP contribution in [0.1, 0.15) is 5.56 Å². The van der Waals surface area contributed by atoms with Gasteiger partial charge in [-0.2, -0.15) is 0 Å². The van der Waals surface area contributed by atoms with Gasteiger partial charge in [-0.05, 0) is 39.7 Å². The molecule has 0 unspecified atom stereocenters. The molecule has 0 bridgehead atoms. The maximum Gasteiger partial charge on any atom is 0.157 e. The van der Waals surface area contributed by atoms with E-state index in [1.807, 2.05) is 24.3 Å². The number of aldehydes is 1. The van der Waals surface area contributed by atoms with Crippen LogP contribution in [0.2, 0.25) is 0 Å². The summed E-state index contributed by atoms with van der Waals surface area (Å²) < 4.78 is 5.55. The highest BCUT2D eigenvalue weighted by molar-refractivity contribution is 9.12. The lowest BCUT2D eigenvalue weighted by molar-refractivity contribution is -0.104. The minimum atomic E-state index is 0.515. The van der Waals surface area contributed by atoms with Crippen molar-refractivity contribution in [3.05, 3.63) is 34.3 Å². The van der Waals surface area contributed by atoms with Crippen molar-refractivity contribution >= 4 is 28.3 Å². The Morgan fingerprint density at radius 1 is 1.54 bits per heavy atom. The fourth-order valence-electron chi connectivity index (χ4n) is 0.925. The van der Waals surface area contributed by atoms with Gasteiger partial charge in [0.25, 0.3) is 0 Å². The number of halogens is 1. The first-order valence-corrected chi connectivity index (χ1v) is 4.52. The Balaban J connectivity index is 2.95. The summed E-state index contributed by atoms with van der Waals surface area (Å²) in [6, 6.07) is 7.47. The van der Waals surface area contributed by atoms with Gasteiger partial charge in [-0.25, -0.2) is 0 Å². The molecule has 0 saturated heterocycles. The third-order valence-electron chi connectivity index (χ3n) is 1.51. The smallest absolute Gasteiger partial charge is 0.157 e. The van der Waals surface area contributed by atoms with Crippen molar-refractivity contribution in [1.82, 2.24) is 0 Å². The number of ether oxygens (including phenoxy) is 1. The first-order chi connectivity index (χ1) is 6.26. The summed E-state index contributed by atoms with van der Waals surface area (Å²) in [4.78, 5) is 10.3. The van der Waals surface area contributed by atoms with Crippen LogP contribution in [0.25, 0.3) is 6.08 Å². The zero-order valence-electron chi connectivity index (χ0n) is 7.16. The molecule has 0 aliphatic heterocycles. The number of carbonyl (C=O) groups is 1. The van der Waals surface area contributed by atoms with Crippen LogP contribution >= 0.6 is 15.9 Å². The lowest BCUT2D eigenvalue weighted by Crippen LogP contribution is -1.82. The van der Waals surface area contributed by atoms with Gasteiger partial charge in [-0.15, -0.1) is 0 Å². The molecule has 13 heavy (non-hydrogen) atoms.